The lowest BCUT2D eigenvalue weighted by Gasteiger charge is -2.07. The average molecular weight is 353 g/mol. The number of nitrogens with zero attached hydrogens (tertiary/aromatic N) is 6. The standard InChI is InChI=1S/C17H19N7S/c1-12-10-13(2)23(21-12)8-3-7-18-15-4-5-16-19-20-17(24(16)22-15)14-6-9-25-11-14/h4-6,9-11H,3,7-8H2,1-2H3,(H,18,22). The molecule has 1 N–H and O–H groups in total. The minimum atomic E-state index is 0.745. The second-order valence-corrected chi connectivity index (χ2v) is 6.73. The summed E-state index contributed by atoms with van der Waals surface area (Å²) in [5.74, 6) is 1.58. The van der Waals surface area contributed by atoms with E-state index < -0.39 is 0 Å². The molecule has 4 rings (SSSR count). The van der Waals surface area contributed by atoms with Crippen LogP contribution in [0.4, 0.5) is 5.82 Å². The van der Waals surface area contributed by atoms with Crippen molar-refractivity contribution in [3.8, 4) is 11.4 Å². The highest BCUT2D eigenvalue weighted by molar-refractivity contribution is 7.08. The topological polar surface area (TPSA) is 72.9 Å². The molecule has 0 aromatic carbocycles. The molecular weight excluding hydrogens is 334 g/mol. The van der Waals surface area contributed by atoms with Gasteiger partial charge in [0, 0.05) is 29.7 Å². The summed E-state index contributed by atoms with van der Waals surface area (Å²) in [6.07, 6.45) is 0.973. The Bertz CT molecular complexity index is 984. The summed E-state index contributed by atoms with van der Waals surface area (Å²) in [4.78, 5) is 0. The van der Waals surface area contributed by atoms with Crippen LogP contribution < -0.4 is 5.32 Å². The van der Waals surface area contributed by atoms with Gasteiger partial charge >= 0.3 is 0 Å². The number of rotatable bonds is 6. The van der Waals surface area contributed by atoms with Crippen molar-refractivity contribution in [2.45, 2.75) is 26.8 Å². The fourth-order valence-corrected chi connectivity index (χ4v) is 3.44. The number of aryl methyl sites for hydroxylation is 3. The minimum absolute atomic E-state index is 0.745. The second kappa shape index (κ2) is 6.64. The number of hydrogen-bond acceptors (Lipinski definition) is 6. The Morgan fingerprint density at radius 1 is 1.12 bits per heavy atom. The van der Waals surface area contributed by atoms with Crippen molar-refractivity contribution >= 4 is 22.8 Å². The molecule has 0 radical (unpaired) electrons. The third-order valence-electron chi connectivity index (χ3n) is 4.00. The molecule has 0 saturated carbocycles. The Kier molecular flexibility index (Phi) is 4.19. The molecule has 4 aromatic heterocycles. The van der Waals surface area contributed by atoms with E-state index in [4.69, 9.17) is 0 Å². The molecule has 0 aliphatic rings. The van der Waals surface area contributed by atoms with Crippen LogP contribution in [-0.4, -0.2) is 36.1 Å². The van der Waals surface area contributed by atoms with Crippen molar-refractivity contribution in [1.82, 2.24) is 29.6 Å². The van der Waals surface area contributed by atoms with E-state index in [0.29, 0.717) is 0 Å². The van der Waals surface area contributed by atoms with Crippen molar-refractivity contribution < 1.29 is 0 Å². The van der Waals surface area contributed by atoms with Crippen LogP contribution in [-0.2, 0) is 6.54 Å². The van der Waals surface area contributed by atoms with Gasteiger partial charge in [-0.05, 0) is 49.9 Å². The van der Waals surface area contributed by atoms with Gasteiger partial charge in [-0.2, -0.15) is 21.0 Å². The maximum Gasteiger partial charge on any atom is 0.186 e. The molecule has 0 aliphatic heterocycles. The maximum absolute atomic E-state index is 4.62. The van der Waals surface area contributed by atoms with Crippen LogP contribution in [0.15, 0.2) is 35.0 Å². The van der Waals surface area contributed by atoms with Crippen molar-refractivity contribution in [3.05, 3.63) is 46.4 Å². The summed E-state index contributed by atoms with van der Waals surface area (Å²) in [5.41, 5.74) is 4.04. The fraction of sp³-hybridized carbons (Fsp3) is 0.294. The molecule has 0 unspecified atom stereocenters. The molecule has 0 bridgehead atoms. The third kappa shape index (κ3) is 3.25. The molecular formula is C17H19N7S. The summed E-state index contributed by atoms with van der Waals surface area (Å²) in [5, 5.41) is 25.0. The highest BCUT2D eigenvalue weighted by Gasteiger charge is 2.10. The van der Waals surface area contributed by atoms with Gasteiger partial charge in [-0.25, -0.2) is 0 Å². The van der Waals surface area contributed by atoms with E-state index in [9.17, 15) is 0 Å². The Hall–Kier alpha value is -2.74. The van der Waals surface area contributed by atoms with Gasteiger partial charge in [0.05, 0.1) is 5.69 Å². The lowest BCUT2D eigenvalue weighted by Crippen LogP contribution is -2.10. The third-order valence-corrected chi connectivity index (χ3v) is 4.68. The molecule has 0 saturated heterocycles. The Balaban J connectivity index is 1.43. The zero-order valence-electron chi connectivity index (χ0n) is 14.2. The Morgan fingerprint density at radius 2 is 2.04 bits per heavy atom. The predicted molar refractivity (Wildman–Crippen MR) is 98.9 cm³/mol. The van der Waals surface area contributed by atoms with Gasteiger partial charge in [0.15, 0.2) is 11.5 Å². The quantitative estimate of drug-likeness (QED) is 0.539. The first-order valence-corrected chi connectivity index (χ1v) is 9.15. The molecule has 0 atom stereocenters. The van der Waals surface area contributed by atoms with Crippen LogP contribution in [0.3, 0.4) is 0 Å². The summed E-state index contributed by atoms with van der Waals surface area (Å²) < 4.78 is 3.83. The normalized spacial score (nSPS) is 11.3. The van der Waals surface area contributed by atoms with Crippen molar-refractivity contribution in [3.63, 3.8) is 0 Å². The predicted octanol–water partition coefficient (Wildman–Crippen LogP) is 3.17. The molecule has 25 heavy (non-hydrogen) atoms. The Morgan fingerprint density at radius 3 is 2.80 bits per heavy atom. The Labute approximate surface area is 149 Å². The van der Waals surface area contributed by atoms with Crippen LogP contribution in [0.2, 0.25) is 0 Å². The van der Waals surface area contributed by atoms with E-state index in [1.807, 2.05) is 40.6 Å². The average Bonchev–Trinajstić information content (AvgIpc) is 3.31. The van der Waals surface area contributed by atoms with Crippen molar-refractivity contribution in [1.29, 1.82) is 0 Å². The second-order valence-electron chi connectivity index (χ2n) is 5.95. The fourth-order valence-electron chi connectivity index (χ4n) is 2.80. The minimum Gasteiger partial charge on any atom is -0.369 e. The molecule has 4 heterocycles. The summed E-state index contributed by atoms with van der Waals surface area (Å²) in [6.45, 7) is 5.82. The van der Waals surface area contributed by atoms with Gasteiger partial charge in [0.2, 0.25) is 0 Å². The SMILES string of the molecule is Cc1cc(C)n(CCCNc2ccc3nnc(-c4ccsc4)n3n2)n1. The van der Waals surface area contributed by atoms with Crippen LogP contribution in [0.25, 0.3) is 17.0 Å². The number of thiophene rings is 1. The van der Waals surface area contributed by atoms with Crippen molar-refractivity contribution in [2.24, 2.45) is 0 Å². The van der Waals surface area contributed by atoms with Gasteiger partial charge in [0.1, 0.15) is 5.82 Å². The molecule has 7 nitrogen and oxygen atoms in total. The molecule has 0 amide bonds. The molecule has 0 aliphatic carbocycles. The van der Waals surface area contributed by atoms with E-state index in [-0.39, 0.29) is 0 Å². The zero-order chi connectivity index (χ0) is 17.2. The van der Waals surface area contributed by atoms with E-state index in [1.54, 1.807) is 15.9 Å². The molecule has 128 valence electrons. The summed E-state index contributed by atoms with van der Waals surface area (Å²) >= 11 is 1.64. The van der Waals surface area contributed by atoms with Crippen molar-refractivity contribution in [2.75, 3.05) is 11.9 Å². The first kappa shape index (κ1) is 15.8. The van der Waals surface area contributed by atoms with E-state index in [2.05, 4.69) is 38.7 Å². The van der Waals surface area contributed by atoms with E-state index in [0.717, 1.165) is 48.1 Å². The van der Waals surface area contributed by atoms with Gasteiger partial charge < -0.3 is 5.32 Å². The summed E-state index contributed by atoms with van der Waals surface area (Å²) in [7, 11) is 0. The van der Waals surface area contributed by atoms with Gasteiger partial charge in [-0.3, -0.25) is 4.68 Å². The zero-order valence-corrected chi connectivity index (χ0v) is 15.0. The molecule has 0 fully saturated rings. The highest BCUT2D eigenvalue weighted by Crippen LogP contribution is 2.20. The summed E-state index contributed by atoms with van der Waals surface area (Å²) in [6, 6.07) is 7.99. The molecule has 0 spiro atoms. The van der Waals surface area contributed by atoms with E-state index in [1.165, 1.54) is 5.69 Å². The number of nitrogens with one attached hydrogen (secondary N) is 1. The van der Waals surface area contributed by atoms with Crippen LogP contribution in [0.5, 0.6) is 0 Å². The number of fused-ring (bicyclic) bond motifs is 1. The number of hydrogen-bond donors (Lipinski definition) is 1. The number of anilines is 1. The maximum atomic E-state index is 4.62. The first-order chi connectivity index (χ1) is 12.2. The van der Waals surface area contributed by atoms with Crippen LogP contribution in [0, 0.1) is 13.8 Å². The van der Waals surface area contributed by atoms with Gasteiger partial charge in [-0.1, -0.05) is 0 Å². The van der Waals surface area contributed by atoms with Gasteiger partial charge in [0.25, 0.3) is 0 Å². The number of aromatic nitrogens is 6. The lowest BCUT2D eigenvalue weighted by atomic mass is 10.3. The molecule has 4 aromatic rings. The smallest absolute Gasteiger partial charge is 0.186 e. The van der Waals surface area contributed by atoms with E-state index >= 15 is 0 Å². The van der Waals surface area contributed by atoms with Crippen LogP contribution in [0.1, 0.15) is 17.8 Å². The highest BCUT2D eigenvalue weighted by atomic mass is 32.1. The first-order valence-electron chi connectivity index (χ1n) is 8.21. The molecule has 8 heteroatoms. The lowest BCUT2D eigenvalue weighted by molar-refractivity contribution is 0.573. The monoisotopic (exact) mass is 353 g/mol. The van der Waals surface area contributed by atoms with Gasteiger partial charge in [-0.15, -0.1) is 15.3 Å². The largest absolute Gasteiger partial charge is 0.369 e. The van der Waals surface area contributed by atoms with Crippen LogP contribution >= 0.6 is 11.3 Å².